The van der Waals surface area contributed by atoms with Crippen molar-refractivity contribution in [3.8, 4) is 0 Å². The lowest BCUT2D eigenvalue weighted by molar-refractivity contribution is -0.150. The first kappa shape index (κ1) is 15.0. The van der Waals surface area contributed by atoms with Gasteiger partial charge in [0.2, 0.25) is 5.91 Å². The monoisotopic (exact) mass is 257 g/mol. The lowest BCUT2D eigenvalue weighted by Crippen LogP contribution is -2.49. The number of hydrogen-bond donors (Lipinski definition) is 2. The minimum Gasteiger partial charge on any atom is -0.481 e. The molecule has 18 heavy (non-hydrogen) atoms. The van der Waals surface area contributed by atoms with Crippen molar-refractivity contribution in [1.82, 2.24) is 4.90 Å². The fraction of sp³-hybridized carbons (Fsp3) is 0.846. The first-order chi connectivity index (χ1) is 8.36. The van der Waals surface area contributed by atoms with Crippen molar-refractivity contribution in [3.05, 3.63) is 0 Å². The molecule has 1 aliphatic carbocycles. The highest BCUT2D eigenvalue weighted by molar-refractivity contribution is 5.84. The second kappa shape index (κ2) is 6.18. The molecule has 0 aromatic rings. The van der Waals surface area contributed by atoms with E-state index in [2.05, 4.69) is 0 Å². The molecule has 1 saturated carbocycles. The number of aliphatic hydroxyl groups is 1. The van der Waals surface area contributed by atoms with Crippen molar-refractivity contribution in [1.29, 1.82) is 0 Å². The van der Waals surface area contributed by atoms with Crippen LogP contribution in [-0.4, -0.2) is 46.2 Å². The van der Waals surface area contributed by atoms with Gasteiger partial charge in [0.05, 0.1) is 18.1 Å². The summed E-state index contributed by atoms with van der Waals surface area (Å²) in [5, 5.41) is 18.8. The van der Waals surface area contributed by atoms with E-state index in [0.29, 0.717) is 6.42 Å². The fourth-order valence-electron chi connectivity index (χ4n) is 2.46. The van der Waals surface area contributed by atoms with E-state index in [4.69, 9.17) is 5.11 Å². The molecule has 0 aliphatic heterocycles. The van der Waals surface area contributed by atoms with E-state index in [1.807, 2.05) is 0 Å². The van der Waals surface area contributed by atoms with Gasteiger partial charge in [0.25, 0.3) is 0 Å². The van der Waals surface area contributed by atoms with E-state index in [9.17, 15) is 14.7 Å². The predicted octanol–water partition coefficient (Wildman–Crippen LogP) is 1.11. The quantitative estimate of drug-likeness (QED) is 0.790. The summed E-state index contributed by atoms with van der Waals surface area (Å²) in [6, 6.07) is -0.172. The molecule has 1 aliphatic rings. The highest BCUT2D eigenvalue weighted by Gasteiger charge is 2.34. The van der Waals surface area contributed by atoms with Gasteiger partial charge < -0.3 is 15.1 Å². The summed E-state index contributed by atoms with van der Waals surface area (Å²) in [4.78, 5) is 24.6. The number of aliphatic hydroxyl groups excluding tert-OH is 1. The third-order valence-corrected chi connectivity index (χ3v) is 4.07. The third-order valence-electron chi connectivity index (χ3n) is 4.07. The number of nitrogens with zero attached hydrogens (tertiary/aromatic N) is 1. The van der Waals surface area contributed by atoms with Crippen LogP contribution in [0.25, 0.3) is 0 Å². The Morgan fingerprint density at radius 3 is 2.22 bits per heavy atom. The molecule has 4 atom stereocenters. The Kier molecular flexibility index (Phi) is 5.14. The van der Waals surface area contributed by atoms with Crippen LogP contribution >= 0.6 is 0 Å². The van der Waals surface area contributed by atoms with E-state index in [1.54, 1.807) is 14.0 Å². The van der Waals surface area contributed by atoms with Crippen molar-refractivity contribution in [2.24, 2.45) is 11.8 Å². The van der Waals surface area contributed by atoms with Gasteiger partial charge >= 0.3 is 5.97 Å². The minimum atomic E-state index is -0.964. The molecule has 0 aromatic heterocycles. The van der Waals surface area contributed by atoms with Crippen LogP contribution in [0.3, 0.4) is 0 Å². The second-order valence-electron chi connectivity index (χ2n) is 5.28. The van der Waals surface area contributed by atoms with Crippen molar-refractivity contribution < 1.29 is 19.8 Å². The summed E-state index contributed by atoms with van der Waals surface area (Å²) < 4.78 is 0. The number of carboxylic acids is 1. The highest BCUT2D eigenvalue weighted by Crippen LogP contribution is 2.24. The SMILES string of the molecule is CC(C(=O)O)C(C)C(=O)N(C)C1CCCCC1O. The zero-order valence-corrected chi connectivity index (χ0v) is 11.3. The van der Waals surface area contributed by atoms with E-state index in [-0.39, 0.29) is 11.9 Å². The van der Waals surface area contributed by atoms with Gasteiger partial charge in [0.15, 0.2) is 0 Å². The molecule has 0 spiro atoms. The van der Waals surface area contributed by atoms with Crippen LogP contribution in [0.4, 0.5) is 0 Å². The zero-order valence-electron chi connectivity index (χ0n) is 11.3. The van der Waals surface area contributed by atoms with Gasteiger partial charge in [-0.1, -0.05) is 26.7 Å². The maximum absolute atomic E-state index is 12.2. The Hall–Kier alpha value is -1.10. The summed E-state index contributed by atoms with van der Waals surface area (Å²) >= 11 is 0. The Morgan fingerprint density at radius 2 is 1.72 bits per heavy atom. The molecular weight excluding hydrogens is 234 g/mol. The zero-order chi connectivity index (χ0) is 13.9. The fourth-order valence-corrected chi connectivity index (χ4v) is 2.46. The second-order valence-corrected chi connectivity index (χ2v) is 5.28. The molecule has 0 aromatic carbocycles. The van der Waals surface area contributed by atoms with Gasteiger partial charge in [-0.2, -0.15) is 0 Å². The molecule has 5 heteroatoms. The Balaban J connectivity index is 2.67. The molecule has 1 rings (SSSR count). The van der Waals surface area contributed by atoms with Gasteiger partial charge in [-0.05, 0) is 12.8 Å². The first-order valence-corrected chi connectivity index (χ1v) is 6.53. The standard InChI is InChI=1S/C13H23NO4/c1-8(9(2)13(17)18)12(16)14(3)10-6-4-5-7-11(10)15/h8-11,15H,4-7H2,1-3H3,(H,17,18). The van der Waals surface area contributed by atoms with E-state index >= 15 is 0 Å². The van der Waals surface area contributed by atoms with Gasteiger partial charge in [-0.15, -0.1) is 0 Å². The van der Waals surface area contributed by atoms with Gasteiger partial charge in [0, 0.05) is 13.0 Å². The van der Waals surface area contributed by atoms with E-state index < -0.39 is 23.9 Å². The van der Waals surface area contributed by atoms with Gasteiger partial charge in [-0.3, -0.25) is 9.59 Å². The van der Waals surface area contributed by atoms with E-state index in [0.717, 1.165) is 19.3 Å². The highest BCUT2D eigenvalue weighted by atomic mass is 16.4. The molecule has 4 unspecified atom stereocenters. The Labute approximate surface area is 108 Å². The molecule has 2 N–H and O–H groups in total. The van der Waals surface area contributed by atoms with Crippen molar-refractivity contribution >= 4 is 11.9 Å². The Morgan fingerprint density at radius 1 is 1.17 bits per heavy atom. The lowest BCUT2D eigenvalue weighted by atomic mass is 9.89. The molecular formula is C13H23NO4. The summed E-state index contributed by atoms with van der Waals surface area (Å²) in [5.74, 6) is -2.44. The van der Waals surface area contributed by atoms with Crippen LogP contribution < -0.4 is 0 Å². The first-order valence-electron chi connectivity index (χ1n) is 6.53. The van der Waals surface area contributed by atoms with Crippen LogP contribution in [0.1, 0.15) is 39.5 Å². The number of likely N-dealkylation sites (N-methyl/N-ethyl adjacent to an activating group) is 1. The van der Waals surface area contributed by atoms with Crippen molar-refractivity contribution in [3.63, 3.8) is 0 Å². The lowest BCUT2D eigenvalue weighted by Gasteiger charge is -2.37. The molecule has 5 nitrogen and oxygen atoms in total. The minimum absolute atomic E-state index is 0.172. The van der Waals surface area contributed by atoms with Gasteiger partial charge in [-0.25, -0.2) is 0 Å². The predicted molar refractivity (Wildman–Crippen MR) is 67.0 cm³/mol. The molecule has 1 amide bonds. The number of carbonyl (C=O) groups is 2. The van der Waals surface area contributed by atoms with Gasteiger partial charge in [0.1, 0.15) is 0 Å². The average molecular weight is 257 g/mol. The molecule has 0 bridgehead atoms. The summed E-state index contributed by atoms with van der Waals surface area (Å²) in [5.41, 5.74) is 0. The maximum atomic E-state index is 12.2. The molecule has 0 radical (unpaired) electrons. The average Bonchev–Trinajstić information content (AvgIpc) is 2.35. The summed E-state index contributed by atoms with van der Waals surface area (Å²) in [6.07, 6.45) is 3.01. The number of carbonyl (C=O) groups excluding carboxylic acids is 1. The Bertz CT molecular complexity index is 318. The molecule has 0 saturated heterocycles. The molecule has 0 heterocycles. The maximum Gasteiger partial charge on any atom is 0.307 e. The number of hydrogen-bond acceptors (Lipinski definition) is 3. The normalized spacial score (nSPS) is 27.3. The molecule has 1 fully saturated rings. The third kappa shape index (κ3) is 3.22. The largest absolute Gasteiger partial charge is 0.481 e. The number of rotatable bonds is 4. The van der Waals surface area contributed by atoms with Crippen LogP contribution in [0.5, 0.6) is 0 Å². The number of carboxylic acid groups (broad SMARTS) is 1. The topological polar surface area (TPSA) is 77.8 Å². The number of aliphatic carboxylic acids is 1. The summed E-state index contributed by atoms with van der Waals surface area (Å²) in [6.45, 7) is 3.17. The van der Waals surface area contributed by atoms with Crippen LogP contribution in [0.2, 0.25) is 0 Å². The van der Waals surface area contributed by atoms with E-state index in [1.165, 1.54) is 11.8 Å². The van der Waals surface area contributed by atoms with Crippen LogP contribution in [0.15, 0.2) is 0 Å². The smallest absolute Gasteiger partial charge is 0.307 e. The summed E-state index contributed by atoms with van der Waals surface area (Å²) in [7, 11) is 1.66. The van der Waals surface area contributed by atoms with Crippen molar-refractivity contribution in [2.45, 2.75) is 51.7 Å². The van der Waals surface area contributed by atoms with Crippen LogP contribution in [-0.2, 0) is 9.59 Å². The number of amides is 1. The van der Waals surface area contributed by atoms with Crippen LogP contribution in [0, 0.1) is 11.8 Å². The molecule has 104 valence electrons. The van der Waals surface area contributed by atoms with Crippen molar-refractivity contribution in [2.75, 3.05) is 7.05 Å².